The van der Waals surface area contributed by atoms with Gasteiger partial charge in [0.2, 0.25) is 0 Å². The smallest absolute Gasteiger partial charge is 0.406 e. The molecule has 10 heteroatoms. The Morgan fingerprint density at radius 3 is 2.53 bits per heavy atom. The third-order valence-corrected chi connectivity index (χ3v) is 5.43. The Morgan fingerprint density at radius 2 is 1.80 bits per heavy atom. The Hall–Kier alpha value is -3.14. The summed E-state index contributed by atoms with van der Waals surface area (Å²) >= 11 is 1.15. The van der Waals surface area contributed by atoms with Crippen LogP contribution in [0.3, 0.4) is 0 Å². The van der Waals surface area contributed by atoms with Gasteiger partial charge in [0.05, 0.1) is 0 Å². The summed E-state index contributed by atoms with van der Waals surface area (Å²) in [4.78, 5) is 8.24. The first-order valence-electron chi connectivity index (χ1n) is 8.93. The summed E-state index contributed by atoms with van der Waals surface area (Å²) in [6.07, 6.45) is -1.44. The molecule has 0 saturated carbocycles. The fourth-order valence-electron chi connectivity index (χ4n) is 3.06. The lowest BCUT2D eigenvalue weighted by Crippen LogP contribution is -2.19. The fourth-order valence-corrected chi connectivity index (χ4v) is 4.00. The fraction of sp³-hybridized carbons (Fsp3) is 0.200. The normalized spacial score (nSPS) is 11.9. The van der Waals surface area contributed by atoms with Crippen LogP contribution in [0.1, 0.15) is 11.3 Å². The minimum absolute atomic E-state index is 0.0580. The number of pyridine rings is 2. The Bertz CT molecular complexity index is 1190. The number of phenolic OH excluding ortho intramolecular Hbond substituents is 1. The number of fused-ring (bicyclic) bond motifs is 1. The van der Waals surface area contributed by atoms with Crippen LogP contribution in [-0.2, 0) is 12.3 Å². The number of halogens is 3. The van der Waals surface area contributed by atoms with Crippen LogP contribution in [0.25, 0.3) is 22.3 Å². The van der Waals surface area contributed by atoms with Gasteiger partial charge in [0.25, 0.3) is 0 Å². The summed E-state index contributed by atoms with van der Waals surface area (Å²) in [6, 6.07) is 10.1. The van der Waals surface area contributed by atoms with Crippen molar-refractivity contribution in [2.24, 2.45) is 0 Å². The van der Waals surface area contributed by atoms with E-state index in [0.29, 0.717) is 16.8 Å². The van der Waals surface area contributed by atoms with E-state index in [2.05, 4.69) is 20.2 Å². The number of thioether (sulfide) groups is 1. The van der Waals surface area contributed by atoms with Gasteiger partial charge in [-0.25, -0.2) is 4.98 Å². The van der Waals surface area contributed by atoms with Gasteiger partial charge < -0.3 is 5.11 Å². The van der Waals surface area contributed by atoms with Crippen LogP contribution in [0.15, 0.2) is 53.9 Å². The van der Waals surface area contributed by atoms with Crippen molar-refractivity contribution in [2.45, 2.75) is 30.6 Å². The molecule has 4 rings (SSSR count). The van der Waals surface area contributed by atoms with Gasteiger partial charge in [0, 0.05) is 34.8 Å². The number of benzene rings is 1. The molecule has 0 fully saturated rings. The minimum Gasteiger partial charge on any atom is -0.506 e. The molecular formula is C20H16F3N5OS. The highest BCUT2D eigenvalue weighted by molar-refractivity contribution is 7.98. The molecule has 0 spiro atoms. The largest absolute Gasteiger partial charge is 0.506 e. The predicted molar refractivity (Wildman–Crippen MR) is 107 cm³/mol. The van der Waals surface area contributed by atoms with E-state index in [0.717, 1.165) is 33.0 Å². The summed E-state index contributed by atoms with van der Waals surface area (Å²) < 4.78 is 40.7. The monoisotopic (exact) mass is 431 g/mol. The van der Waals surface area contributed by atoms with Crippen LogP contribution in [-0.4, -0.2) is 36.0 Å². The predicted octanol–water partition coefficient (Wildman–Crippen LogP) is 4.76. The molecule has 1 aromatic carbocycles. The number of aromatic hydroxyl groups is 1. The van der Waals surface area contributed by atoms with E-state index in [9.17, 15) is 18.3 Å². The van der Waals surface area contributed by atoms with Crippen molar-refractivity contribution in [1.82, 2.24) is 24.7 Å². The van der Waals surface area contributed by atoms with Crippen molar-refractivity contribution in [3.8, 4) is 17.1 Å². The molecule has 6 nitrogen and oxygen atoms in total. The molecule has 4 aromatic rings. The highest BCUT2D eigenvalue weighted by Crippen LogP contribution is 2.33. The summed E-state index contributed by atoms with van der Waals surface area (Å²) in [5.41, 5.74) is 2.55. The van der Waals surface area contributed by atoms with E-state index < -0.39 is 12.7 Å². The topological polar surface area (TPSA) is 76.7 Å². The van der Waals surface area contributed by atoms with Crippen LogP contribution < -0.4 is 0 Å². The molecule has 0 atom stereocenters. The third-order valence-electron chi connectivity index (χ3n) is 4.41. The Balaban J connectivity index is 1.68. The lowest BCUT2D eigenvalue weighted by molar-refractivity contribution is -0.141. The van der Waals surface area contributed by atoms with Crippen molar-refractivity contribution in [3.05, 3.63) is 60.0 Å². The summed E-state index contributed by atoms with van der Waals surface area (Å²) in [5, 5.41) is 19.0. The van der Waals surface area contributed by atoms with Crippen molar-refractivity contribution in [3.63, 3.8) is 0 Å². The average molecular weight is 431 g/mol. The molecule has 3 heterocycles. The van der Waals surface area contributed by atoms with Gasteiger partial charge >= 0.3 is 6.18 Å². The summed E-state index contributed by atoms with van der Waals surface area (Å²) in [7, 11) is 0. The number of aryl methyl sites for hydroxylation is 1. The Kier molecular flexibility index (Phi) is 5.33. The second-order valence-electron chi connectivity index (χ2n) is 6.62. The number of hydrogen-bond acceptors (Lipinski definition) is 6. The molecule has 0 radical (unpaired) electrons. The first-order valence-corrected chi connectivity index (χ1v) is 9.92. The number of nitrogens with zero attached hydrogens (tertiary/aromatic N) is 5. The van der Waals surface area contributed by atoms with E-state index in [1.807, 2.05) is 19.1 Å². The Morgan fingerprint density at radius 1 is 1.03 bits per heavy atom. The average Bonchev–Trinajstić information content (AvgIpc) is 3.09. The molecule has 3 aromatic heterocycles. The maximum Gasteiger partial charge on any atom is 0.406 e. The molecule has 0 bridgehead atoms. The second-order valence-corrected chi connectivity index (χ2v) is 7.57. The molecule has 0 unspecified atom stereocenters. The van der Waals surface area contributed by atoms with Crippen LogP contribution >= 0.6 is 11.8 Å². The number of hydrogen-bond donors (Lipinski definition) is 1. The van der Waals surface area contributed by atoms with Crippen LogP contribution in [0, 0.1) is 6.92 Å². The number of phenols is 1. The maximum absolute atomic E-state index is 13.2. The van der Waals surface area contributed by atoms with Gasteiger partial charge in [-0.1, -0.05) is 23.9 Å². The number of aromatic nitrogens is 5. The highest BCUT2D eigenvalue weighted by Gasteiger charge is 2.31. The van der Waals surface area contributed by atoms with Crippen LogP contribution in [0.2, 0.25) is 0 Å². The SMILES string of the molecule is Cc1ccc2c(CSc3nnc(-c4ccncc4)n3CC(F)(F)F)ccc(O)c2n1. The lowest BCUT2D eigenvalue weighted by Gasteiger charge is -2.13. The number of rotatable bonds is 5. The van der Waals surface area contributed by atoms with Crippen molar-refractivity contribution in [2.75, 3.05) is 0 Å². The third kappa shape index (κ3) is 4.23. The molecule has 0 amide bonds. The quantitative estimate of drug-likeness (QED) is 0.459. The first kappa shape index (κ1) is 20.1. The molecule has 0 aliphatic rings. The van der Waals surface area contributed by atoms with E-state index in [-0.39, 0.29) is 16.7 Å². The summed E-state index contributed by atoms with van der Waals surface area (Å²) in [6.45, 7) is 0.623. The van der Waals surface area contributed by atoms with Crippen LogP contribution in [0.5, 0.6) is 5.75 Å². The molecule has 0 aliphatic carbocycles. The van der Waals surface area contributed by atoms with Gasteiger partial charge in [-0.15, -0.1) is 10.2 Å². The van der Waals surface area contributed by atoms with Crippen molar-refractivity contribution < 1.29 is 18.3 Å². The molecule has 1 N–H and O–H groups in total. The van der Waals surface area contributed by atoms with Gasteiger partial charge in [0.15, 0.2) is 11.0 Å². The molecule has 0 saturated heterocycles. The van der Waals surface area contributed by atoms with E-state index in [1.165, 1.54) is 18.5 Å². The van der Waals surface area contributed by atoms with E-state index >= 15 is 0 Å². The zero-order valence-corrected chi connectivity index (χ0v) is 16.6. The maximum atomic E-state index is 13.2. The van der Waals surface area contributed by atoms with Crippen LogP contribution in [0.4, 0.5) is 13.2 Å². The lowest BCUT2D eigenvalue weighted by atomic mass is 10.1. The first-order chi connectivity index (χ1) is 14.3. The Labute approximate surface area is 173 Å². The van der Waals surface area contributed by atoms with E-state index in [4.69, 9.17) is 0 Å². The number of alkyl halides is 3. The van der Waals surface area contributed by atoms with E-state index in [1.54, 1.807) is 18.2 Å². The second kappa shape index (κ2) is 7.94. The minimum atomic E-state index is -4.42. The standard InChI is InChI=1S/C20H16F3N5OS/c1-12-2-4-15-14(3-5-16(29)17(15)25-12)10-30-19-27-26-18(13-6-8-24-9-7-13)28(19)11-20(21,22)23/h2-9,29H,10-11H2,1H3. The molecule has 154 valence electrons. The zero-order chi connectivity index (χ0) is 21.3. The zero-order valence-electron chi connectivity index (χ0n) is 15.8. The van der Waals surface area contributed by atoms with Gasteiger partial charge in [0.1, 0.15) is 17.8 Å². The summed E-state index contributed by atoms with van der Waals surface area (Å²) in [5.74, 6) is 0.529. The van der Waals surface area contributed by atoms with Crippen molar-refractivity contribution in [1.29, 1.82) is 0 Å². The van der Waals surface area contributed by atoms with Gasteiger partial charge in [-0.2, -0.15) is 13.2 Å². The molecular weight excluding hydrogens is 415 g/mol. The molecule has 0 aliphatic heterocycles. The highest BCUT2D eigenvalue weighted by atomic mass is 32.2. The van der Waals surface area contributed by atoms with Gasteiger partial charge in [-0.05, 0) is 36.8 Å². The molecule has 30 heavy (non-hydrogen) atoms. The van der Waals surface area contributed by atoms with Gasteiger partial charge in [-0.3, -0.25) is 9.55 Å². The van der Waals surface area contributed by atoms with Crippen molar-refractivity contribution >= 4 is 22.7 Å².